The van der Waals surface area contributed by atoms with Crippen molar-refractivity contribution < 1.29 is 14.3 Å². The van der Waals surface area contributed by atoms with Crippen LogP contribution in [-0.4, -0.2) is 35.9 Å². The second-order valence-electron chi connectivity index (χ2n) is 6.62. The van der Waals surface area contributed by atoms with Gasteiger partial charge in [-0.1, -0.05) is 36.4 Å². The van der Waals surface area contributed by atoms with Gasteiger partial charge in [-0.3, -0.25) is 9.59 Å². The number of thiophene rings is 1. The van der Waals surface area contributed by atoms with Crippen LogP contribution < -0.4 is 5.32 Å². The minimum Gasteiger partial charge on any atom is -0.367 e. The zero-order valence-corrected chi connectivity index (χ0v) is 15.9. The Bertz CT molecular complexity index is 733. The first-order valence-corrected chi connectivity index (χ1v) is 9.69. The first-order valence-electron chi connectivity index (χ1n) is 8.81. The average Bonchev–Trinajstić information content (AvgIpc) is 3.15. The highest BCUT2D eigenvalue weighted by Gasteiger charge is 2.31. The highest BCUT2D eigenvalue weighted by Crippen LogP contribution is 2.28. The zero-order valence-electron chi connectivity index (χ0n) is 15.1. The van der Waals surface area contributed by atoms with Crippen LogP contribution in [0.15, 0.2) is 47.8 Å². The van der Waals surface area contributed by atoms with Crippen LogP contribution in [0.5, 0.6) is 0 Å². The molecule has 1 aliphatic rings. The van der Waals surface area contributed by atoms with Crippen molar-refractivity contribution in [1.82, 2.24) is 10.2 Å². The molecule has 138 valence electrons. The van der Waals surface area contributed by atoms with Gasteiger partial charge >= 0.3 is 0 Å². The number of amides is 2. The van der Waals surface area contributed by atoms with Gasteiger partial charge in [-0.2, -0.15) is 0 Å². The number of nitrogens with one attached hydrogen (secondary N) is 1. The van der Waals surface area contributed by atoms with Gasteiger partial charge < -0.3 is 15.0 Å². The number of rotatable bonds is 5. The summed E-state index contributed by atoms with van der Waals surface area (Å²) in [5.41, 5.74) is 1.08. The molecule has 2 heterocycles. The topological polar surface area (TPSA) is 58.6 Å². The summed E-state index contributed by atoms with van der Waals surface area (Å²) in [5, 5.41) is 4.85. The summed E-state index contributed by atoms with van der Waals surface area (Å²) in [6.07, 6.45) is 0.109. The van der Waals surface area contributed by atoms with Gasteiger partial charge in [0.15, 0.2) is 0 Å². The van der Waals surface area contributed by atoms with E-state index in [4.69, 9.17) is 4.74 Å². The summed E-state index contributed by atoms with van der Waals surface area (Å²) in [5.74, 6) is -0.0954. The highest BCUT2D eigenvalue weighted by molar-refractivity contribution is 7.10. The maximum Gasteiger partial charge on any atom is 0.225 e. The maximum atomic E-state index is 12.9. The predicted octanol–water partition coefficient (Wildman–Crippen LogP) is 3.30. The fourth-order valence-corrected chi connectivity index (χ4v) is 4.05. The Labute approximate surface area is 158 Å². The van der Waals surface area contributed by atoms with Crippen molar-refractivity contribution in [3.63, 3.8) is 0 Å². The van der Waals surface area contributed by atoms with E-state index in [2.05, 4.69) is 5.32 Å². The lowest BCUT2D eigenvalue weighted by molar-refractivity contribution is -0.145. The van der Waals surface area contributed by atoms with Crippen LogP contribution in [0.25, 0.3) is 0 Å². The Hall–Kier alpha value is -2.18. The molecule has 3 atom stereocenters. The van der Waals surface area contributed by atoms with Gasteiger partial charge in [0, 0.05) is 18.3 Å². The number of hydrogen-bond acceptors (Lipinski definition) is 4. The molecule has 26 heavy (non-hydrogen) atoms. The normalized spacial score (nSPS) is 21.2. The van der Waals surface area contributed by atoms with E-state index < -0.39 is 0 Å². The third kappa shape index (κ3) is 4.71. The van der Waals surface area contributed by atoms with E-state index >= 15 is 0 Å². The fourth-order valence-electron chi connectivity index (χ4n) is 3.27. The smallest absolute Gasteiger partial charge is 0.225 e. The second-order valence-corrected chi connectivity index (χ2v) is 7.60. The molecule has 5 nitrogen and oxygen atoms in total. The molecule has 0 saturated carbocycles. The fraction of sp³-hybridized carbons (Fsp3) is 0.400. The maximum absolute atomic E-state index is 12.9. The van der Waals surface area contributed by atoms with Gasteiger partial charge in [-0.15, -0.1) is 11.3 Å². The molecule has 0 radical (unpaired) electrons. The molecule has 1 N–H and O–H groups in total. The van der Waals surface area contributed by atoms with E-state index in [1.807, 2.05) is 59.7 Å². The predicted molar refractivity (Wildman–Crippen MR) is 102 cm³/mol. The third-order valence-corrected chi connectivity index (χ3v) is 5.41. The minimum absolute atomic E-state index is 0.0288. The van der Waals surface area contributed by atoms with Gasteiger partial charge in [0.25, 0.3) is 0 Å². The summed E-state index contributed by atoms with van der Waals surface area (Å²) >= 11 is 1.55. The number of carbonyl (C=O) groups is 2. The monoisotopic (exact) mass is 372 g/mol. The zero-order chi connectivity index (χ0) is 18.5. The van der Waals surface area contributed by atoms with Gasteiger partial charge in [0.2, 0.25) is 11.8 Å². The molecule has 3 rings (SSSR count). The Morgan fingerprint density at radius 3 is 2.65 bits per heavy atom. The van der Waals surface area contributed by atoms with Gasteiger partial charge in [0.1, 0.15) is 6.10 Å². The van der Waals surface area contributed by atoms with E-state index in [1.165, 1.54) is 6.92 Å². The molecule has 1 aromatic carbocycles. The van der Waals surface area contributed by atoms with Crippen LogP contribution in [0.4, 0.5) is 0 Å². The lowest BCUT2D eigenvalue weighted by Gasteiger charge is -2.37. The molecule has 2 aromatic rings. The number of hydrogen-bond donors (Lipinski definition) is 1. The summed E-state index contributed by atoms with van der Waals surface area (Å²) in [7, 11) is 0. The molecular weight excluding hydrogens is 348 g/mol. The number of ether oxygens (including phenoxy) is 1. The van der Waals surface area contributed by atoms with Crippen molar-refractivity contribution in [2.75, 3.05) is 13.1 Å². The van der Waals surface area contributed by atoms with Crippen molar-refractivity contribution in [3.8, 4) is 0 Å². The second kappa shape index (κ2) is 8.47. The number of benzene rings is 1. The Balaban J connectivity index is 1.70. The summed E-state index contributed by atoms with van der Waals surface area (Å²) in [6, 6.07) is 13.6. The number of morpholine rings is 1. The summed E-state index contributed by atoms with van der Waals surface area (Å²) < 4.78 is 6.03. The van der Waals surface area contributed by atoms with Crippen molar-refractivity contribution in [2.45, 2.75) is 38.5 Å². The lowest BCUT2D eigenvalue weighted by Crippen LogP contribution is -2.47. The molecule has 0 unspecified atom stereocenters. The van der Waals surface area contributed by atoms with Crippen LogP contribution >= 0.6 is 11.3 Å². The van der Waals surface area contributed by atoms with E-state index in [0.29, 0.717) is 13.1 Å². The Kier molecular flexibility index (Phi) is 6.06. The highest BCUT2D eigenvalue weighted by atomic mass is 32.1. The first kappa shape index (κ1) is 18.6. The SMILES string of the molecule is CC(=O)N[C@H](CC(=O)N1C[C@H](C)O[C@@H](c2ccccc2)C1)c1cccs1. The van der Waals surface area contributed by atoms with Crippen LogP contribution in [0.2, 0.25) is 0 Å². The van der Waals surface area contributed by atoms with Gasteiger partial charge in [-0.05, 0) is 23.9 Å². The molecule has 1 fully saturated rings. The molecule has 2 amide bonds. The van der Waals surface area contributed by atoms with Crippen molar-refractivity contribution in [2.24, 2.45) is 0 Å². The molecule has 0 aliphatic carbocycles. The van der Waals surface area contributed by atoms with Crippen LogP contribution in [0, 0.1) is 0 Å². The molecule has 1 aliphatic heterocycles. The molecule has 0 bridgehead atoms. The summed E-state index contributed by atoms with van der Waals surface area (Å²) in [6.45, 7) is 4.57. The lowest BCUT2D eigenvalue weighted by atomic mass is 10.1. The largest absolute Gasteiger partial charge is 0.367 e. The van der Waals surface area contributed by atoms with Gasteiger partial charge in [0.05, 0.1) is 25.1 Å². The van der Waals surface area contributed by atoms with E-state index in [0.717, 1.165) is 10.4 Å². The quantitative estimate of drug-likeness (QED) is 0.876. The van der Waals surface area contributed by atoms with E-state index in [-0.39, 0.29) is 36.5 Å². The van der Waals surface area contributed by atoms with Crippen molar-refractivity contribution in [3.05, 3.63) is 58.3 Å². The van der Waals surface area contributed by atoms with Gasteiger partial charge in [-0.25, -0.2) is 0 Å². The number of nitrogens with zero attached hydrogens (tertiary/aromatic N) is 1. The van der Waals surface area contributed by atoms with Crippen molar-refractivity contribution >= 4 is 23.2 Å². The molecule has 1 aromatic heterocycles. The molecule has 1 saturated heterocycles. The first-order chi connectivity index (χ1) is 12.5. The van der Waals surface area contributed by atoms with Crippen LogP contribution in [0.1, 0.15) is 42.9 Å². The Morgan fingerprint density at radius 1 is 1.23 bits per heavy atom. The minimum atomic E-state index is -0.284. The number of carbonyl (C=O) groups excluding carboxylic acids is 2. The third-order valence-electron chi connectivity index (χ3n) is 4.43. The molecule has 0 spiro atoms. The standard InChI is InChI=1S/C20H24N2O3S/c1-14-12-22(13-18(25-14)16-7-4-3-5-8-16)20(24)11-17(21-15(2)23)19-9-6-10-26-19/h3-10,14,17-18H,11-13H2,1-2H3,(H,21,23)/t14-,17+,18+/m0/s1. The van der Waals surface area contributed by atoms with Crippen molar-refractivity contribution in [1.29, 1.82) is 0 Å². The Morgan fingerprint density at radius 2 is 2.00 bits per heavy atom. The molecule has 6 heteroatoms. The van der Waals surface area contributed by atoms with E-state index in [9.17, 15) is 9.59 Å². The summed E-state index contributed by atoms with van der Waals surface area (Å²) in [4.78, 5) is 27.3. The van der Waals surface area contributed by atoms with Crippen LogP contribution in [-0.2, 0) is 14.3 Å². The average molecular weight is 372 g/mol. The molecular formula is C20H24N2O3S. The van der Waals surface area contributed by atoms with Crippen LogP contribution in [0.3, 0.4) is 0 Å². The van der Waals surface area contributed by atoms with E-state index in [1.54, 1.807) is 11.3 Å².